The zero-order valence-electron chi connectivity index (χ0n) is 9.05. The molecule has 84 valence electrons. The van der Waals surface area contributed by atoms with Crippen LogP contribution in [-0.2, 0) is 0 Å². The summed E-state index contributed by atoms with van der Waals surface area (Å²) in [6.07, 6.45) is 1.65. The van der Waals surface area contributed by atoms with E-state index in [1.165, 1.54) is 0 Å². The molecule has 1 atom stereocenters. The van der Waals surface area contributed by atoms with Gasteiger partial charge in [-0.1, -0.05) is 19.1 Å². The van der Waals surface area contributed by atoms with E-state index in [4.69, 9.17) is 10.2 Å². The first-order valence-corrected chi connectivity index (χ1v) is 5.16. The number of aromatic hydroxyl groups is 1. The third-order valence-corrected chi connectivity index (χ3v) is 2.50. The average Bonchev–Trinajstić information content (AvgIpc) is 2.78. The molecule has 2 rings (SSSR count). The van der Waals surface area contributed by atoms with Crippen LogP contribution in [0.15, 0.2) is 34.9 Å². The molecule has 4 nitrogen and oxygen atoms in total. The minimum Gasteiger partial charge on any atom is -0.507 e. The summed E-state index contributed by atoms with van der Waals surface area (Å²) in [5.74, 6) is 1.46. The number of phenolic OH excluding ortho intramolecular Hbond substituents is 1. The highest BCUT2D eigenvalue weighted by atomic mass is 16.4. The van der Waals surface area contributed by atoms with Gasteiger partial charge in [-0.3, -0.25) is 0 Å². The van der Waals surface area contributed by atoms with Crippen molar-refractivity contribution in [1.29, 1.82) is 0 Å². The van der Waals surface area contributed by atoms with Gasteiger partial charge in [-0.2, -0.15) is 0 Å². The summed E-state index contributed by atoms with van der Waals surface area (Å²) in [5.41, 5.74) is 6.14. The van der Waals surface area contributed by atoms with Crippen LogP contribution < -0.4 is 5.73 Å². The minimum absolute atomic E-state index is 0.132. The topological polar surface area (TPSA) is 72.3 Å². The largest absolute Gasteiger partial charge is 0.507 e. The lowest BCUT2D eigenvalue weighted by Crippen LogP contribution is -2.07. The normalized spacial score (nSPS) is 12.6. The molecule has 1 aromatic carbocycles. The van der Waals surface area contributed by atoms with Gasteiger partial charge in [0, 0.05) is 12.5 Å². The van der Waals surface area contributed by atoms with Crippen molar-refractivity contribution in [2.75, 3.05) is 6.54 Å². The summed E-state index contributed by atoms with van der Waals surface area (Å²) in [4.78, 5) is 4.13. The third-order valence-electron chi connectivity index (χ3n) is 2.50. The van der Waals surface area contributed by atoms with Gasteiger partial charge >= 0.3 is 0 Å². The fourth-order valence-corrected chi connectivity index (χ4v) is 1.41. The molecule has 0 saturated carbocycles. The molecule has 1 aromatic heterocycles. The molecule has 0 fully saturated rings. The van der Waals surface area contributed by atoms with Crippen LogP contribution >= 0.6 is 0 Å². The van der Waals surface area contributed by atoms with E-state index in [-0.39, 0.29) is 11.7 Å². The van der Waals surface area contributed by atoms with Crippen LogP contribution in [-0.4, -0.2) is 16.6 Å². The van der Waals surface area contributed by atoms with Crippen molar-refractivity contribution in [2.45, 2.75) is 12.8 Å². The van der Waals surface area contributed by atoms with Crippen molar-refractivity contribution in [2.24, 2.45) is 5.73 Å². The number of rotatable bonds is 3. The molecule has 2 aromatic rings. The molecular formula is C12H14N2O2. The van der Waals surface area contributed by atoms with Crippen LogP contribution in [0.4, 0.5) is 0 Å². The first kappa shape index (κ1) is 10.7. The minimum atomic E-state index is 0.132. The Kier molecular flexibility index (Phi) is 2.92. The number of phenols is 1. The number of benzene rings is 1. The molecule has 0 aliphatic rings. The van der Waals surface area contributed by atoms with Crippen LogP contribution in [0.1, 0.15) is 18.6 Å². The third kappa shape index (κ3) is 1.92. The van der Waals surface area contributed by atoms with Crippen molar-refractivity contribution in [3.05, 3.63) is 36.2 Å². The van der Waals surface area contributed by atoms with Crippen LogP contribution in [0.2, 0.25) is 0 Å². The van der Waals surface area contributed by atoms with E-state index in [1.54, 1.807) is 24.4 Å². The Morgan fingerprint density at radius 1 is 1.44 bits per heavy atom. The monoisotopic (exact) mass is 218 g/mol. The number of hydrogen-bond donors (Lipinski definition) is 2. The average molecular weight is 218 g/mol. The Morgan fingerprint density at radius 2 is 2.19 bits per heavy atom. The molecule has 0 spiro atoms. The lowest BCUT2D eigenvalue weighted by molar-refractivity contribution is 0.463. The summed E-state index contributed by atoms with van der Waals surface area (Å²) >= 11 is 0. The van der Waals surface area contributed by atoms with Gasteiger partial charge in [-0.05, 0) is 12.1 Å². The van der Waals surface area contributed by atoms with E-state index in [0.717, 1.165) is 5.76 Å². The van der Waals surface area contributed by atoms with E-state index in [2.05, 4.69) is 4.98 Å². The smallest absolute Gasteiger partial charge is 0.230 e. The lowest BCUT2D eigenvalue weighted by Gasteiger charge is -2.02. The van der Waals surface area contributed by atoms with E-state index in [0.29, 0.717) is 18.0 Å². The van der Waals surface area contributed by atoms with Gasteiger partial charge in [-0.25, -0.2) is 4.98 Å². The van der Waals surface area contributed by atoms with Gasteiger partial charge in [0.15, 0.2) is 0 Å². The Morgan fingerprint density at radius 3 is 2.88 bits per heavy atom. The molecule has 0 amide bonds. The van der Waals surface area contributed by atoms with Gasteiger partial charge in [-0.15, -0.1) is 0 Å². The number of hydrogen-bond acceptors (Lipinski definition) is 4. The summed E-state index contributed by atoms with van der Waals surface area (Å²) in [6, 6.07) is 6.94. The fraction of sp³-hybridized carbons (Fsp3) is 0.250. The zero-order valence-corrected chi connectivity index (χ0v) is 9.05. The predicted octanol–water partition coefficient (Wildman–Crippen LogP) is 2.11. The maximum Gasteiger partial charge on any atom is 0.230 e. The van der Waals surface area contributed by atoms with Gasteiger partial charge in [0.2, 0.25) is 5.89 Å². The quantitative estimate of drug-likeness (QED) is 0.827. The summed E-state index contributed by atoms with van der Waals surface area (Å²) in [7, 11) is 0. The maximum atomic E-state index is 9.64. The van der Waals surface area contributed by atoms with Crippen LogP contribution in [0, 0.1) is 0 Å². The van der Waals surface area contributed by atoms with Gasteiger partial charge in [0.1, 0.15) is 11.5 Å². The van der Waals surface area contributed by atoms with Crippen molar-refractivity contribution in [3.63, 3.8) is 0 Å². The zero-order chi connectivity index (χ0) is 11.5. The number of nitrogens with two attached hydrogens (primary N) is 1. The van der Waals surface area contributed by atoms with Gasteiger partial charge in [0.25, 0.3) is 0 Å². The molecule has 0 aliphatic heterocycles. The highest BCUT2D eigenvalue weighted by Gasteiger charge is 2.13. The predicted molar refractivity (Wildman–Crippen MR) is 61.1 cm³/mol. The molecule has 1 heterocycles. The molecule has 3 N–H and O–H groups in total. The Labute approximate surface area is 93.7 Å². The van der Waals surface area contributed by atoms with Crippen molar-refractivity contribution in [3.8, 4) is 17.2 Å². The van der Waals surface area contributed by atoms with E-state index in [1.807, 2.05) is 13.0 Å². The second kappa shape index (κ2) is 4.37. The number of para-hydroxylation sites is 1. The van der Waals surface area contributed by atoms with E-state index >= 15 is 0 Å². The number of oxazole rings is 1. The number of aromatic nitrogens is 1. The molecule has 0 saturated heterocycles. The number of nitrogens with zero attached hydrogens (tertiary/aromatic N) is 1. The first-order valence-electron chi connectivity index (χ1n) is 5.16. The van der Waals surface area contributed by atoms with Crippen LogP contribution in [0.5, 0.6) is 5.75 Å². The SMILES string of the molecule is CC(CN)c1cnc(-c2ccccc2O)o1. The Hall–Kier alpha value is -1.81. The summed E-state index contributed by atoms with van der Waals surface area (Å²) in [5, 5.41) is 9.64. The first-order chi connectivity index (χ1) is 7.72. The Bertz CT molecular complexity index is 479. The molecule has 1 unspecified atom stereocenters. The second-order valence-corrected chi connectivity index (χ2v) is 3.72. The van der Waals surface area contributed by atoms with Crippen molar-refractivity contribution < 1.29 is 9.52 Å². The lowest BCUT2D eigenvalue weighted by atomic mass is 10.1. The standard InChI is InChI=1S/C12H14N2O2/c1-8(6-13)11-7-14-12(16-11)9-4-2-3-5-10(9)15/h2-5,7-8,15H,6,13H2,1H3. The molecule has 0 aliphatic carbocycles. The van der Waals surface area contributed by atoms with Gasteiger partial charge < -0.3 is 15.3 Å². The summed E-state index contributed by atoms with van der Waals surface area (Å²) < 4.78 is 5.55. The fourth-order valence-electron chi connectivity index (χ4n) is 1.41. The van der Waals surface area contributed by atoms with Crippen molar-refractivity contribution >= 4 is 0 Å². The Balaban J connectivity index is 2.35. The second-order valence-electron chi connectivity index (χ2n) is 3.72. The molecule has 0 bridgehead atoms. The molecule has 16 heavy (non-hydrogen) atoms. The van der Waals surface area contributed by atoms with E-state index < -0.39 is 0 Å². The van der Waals surface area contributed by atoms with E-state index in [9.17, 15) is 5.11 Å². The van der Waals surface area contributed by atoms with Gasteiger partial charge in [0.05, 0.1) is 11.8 Å². The highest BCUT2D eigenvalue weighted by molar-refractivity contribution is 5.61. The summed E-state index contributed by atoms with van der Waals surface area (Å²) in [6.45, 7) is 2.48. The van der Waals surface area contributed by atoms with Crippen LogP contribution in [0.25, 0.3) is 11.5 Å². The van der Waals surface area contributed by atoms with Crippen LogP contribution in [0.3, 0.4) is 0 Å². The highest BCUT2D eigenvalue weighted by Crippen LogP contribution is 2.29. The molecule has 0 radical (unpaired) electrons. The molecule has 4 heteroatoms. The van der Waals surface area contributed by atoms with Crippen molar-refractivity contribution in [1.82, 2.24) is 4.98 Å². The molecular weight excluding hydrogens is 204 g/mol. The maximum absolute atomic E-state index is 9.64.